The van der Waals surface area contributed by atoms with Crippen LogP contribution in [-0.4, -0.2) is 4.98 Å². The minimum absolute atomic E-state index is 0.959. The molecule has 0 aliphatic rings. The molecule has 61 valence electrons. The molecule has 1 heterocycles. The molecule has 0 saturated carbocycles. The summed E-state index contributed by atoms with van der Waals surface area (Å²) in [6, 6.07) is 9.91. The van der Waals surface area contributed by atoms with Crippen molar-refractivity contribution < 1.29 is 0 Å². The summed E-state index contributed by atoms with van der Waals surface area (Å²) in [4.78, 5) is 4.24. The van der Waals surface area contributed by atoms with E-state index in [0.717, 1.165) is 16.5 Å². The third-order valence-electron chi connectivity index (χ3n) is 1.84. The molecule has 0 atom stereocenters. The van der Waals surface area contributed by atoms with Crippen molar-refractivity contribution in [2.24, 2.45) is 0 Å². The zero-order valence-electron chi connectivity index (χ0n) is 7.12. The zero-order chi connectivity index (χ0) is 9.10. The lowest BCUT2D eigenvalue weighted by molar-refractivity contribution is 1.41. The van der Waals surface area contributed by atoms with E-state index in [0.29, 0.717) is 0 Å². The largest absolute Gasteiger partial charge is 0.256 e. The highest BCUT2D eigenvalue weighted by Gasteiger charge is 1.93. The van der Waals surface area contributed by atoms with Crippen LogP contribution >= 0.6 is 0 Å². The van der Waals surface area contributed by atoms with Gasteiger partial charge in [0.05, 0.1) is 5.52 Å². The van der Waals surface area contributed by atoms with Crippen molar-refractivity contribution in [3.8, 4) is 11.8 Å². The van der Waals surface area contributed by atoms with E-state index in [1.807, 2.05) is 30.3 Å². The number of hydrogen-bond donors (Lipinski definition) is 0. The van der Waals surface area contributed by atoms with Gasteiger partial charge in [-0.25, -0.2) is 0 Å². The number of aromatic nitrogens is 1. The monoisotopic (exact) mass is 166 g/mol. The smallest absolute Gasteiger partial charge is 0.0714 e. The fourth-order valence-electron chi connectivity index (χ4n) is 1.25. The van der Waals surface area contributed by atoms with Gasteiger partial charge in [0.15, 0.2) is 0 Å². The predicted octanol–water partition coefficient (Wildman–Crippen LogP) is 2.42. The fraction of sp³-hybridized carbons (Fsp3) is 0. The summed E-state index contributed by atoms with van der Waals surface area (Å²) in [7, 11) is 0. The second kappa shape index (κ2) is 3.28. The molecule has 1 heteroatoms. The number of rotatable bonds is 0. The first kappa shape index (κ1) is 7.82. The van der Waals surface area contributed by atoms with E-state index in [2.05, 4.69) is 23.7 Å². The van der Waals surface area contributed by atoms with E-state index in [4.69, 9.17) is 0 Å². The van der Waals surface area contributed by atoms with Crippen LogP contribution in [0.15, 0.2) is 36.5 Å². The van der Waals surface area contributed by atoms with Crippen LogP contribution in [0.3, 0.4) is 0 Å². The molecule has 0 aliphatic carbocycles. The fourth-order valence-corrected chi connectivity index (χ4v) is 1.25. The Morgan fingerprint density at radius 3 is 3.00 bits per heavy atom. The number of benzene rings is 1. The van der Waals surface area contributed by atoms with Crippen LogP contribution in [0.2, 0.25) is 0 Å². The van der Waals surface area contributed by atoms with Gasteiger partial charge in [0.25, 0.3) is 0 Å². The maximum atomic E-state index is 4.24. The Hall–Kier alpha value is -1.81. The summed E-state index contributed by atoms with van der Waals surface area (Å²) >= 11 is 0. The number of nitrogens with zero attached hydrogens (tertiary/aromatic N) is 1. The quantitative estimate of drug-likeness (QED) is 0.548. The lowest BCUT2D eigenvalue weighted by atomic mass is 10.1. The van der Waals surface area contributed by atoms with Crippen molar-refractivity contribution in [1.82, 2.24) is 4.98 Å². The number of pyridine rings is 1. The average molecular weight is 166 g/mol. The summed E-state index contributed by atoms with van der Waals surface area (Å²) in [5, 5.41) is 1.14. The van der Waals surface area contributed by atoms with E-state index in [1.54, 1.807) is 6.20 Å². The van der Waals surface area contributed by atoms with Crippen molar-refractivity contribution in [2.75, 3.05) is 0 Å². The van der Waals surface area contributed by atoms with Gasteiger partial charge in [0.1, 0.15) is 0 Å². The van der Waals surface area contributed by atoms with Gasteiger partial charge in [-0.1, -0.05) is 24.0 Å². The molecule has 2 aromatic rings. The van der Waals surface area contributed by atoms with Crippen LogP contribution in [0.5, 0.6) is 0 Å². The highest BCUT2D eigenvalue weighted by atomic mass is 14.6. The first-order valence-electron chi connectivity index (χ1n) is 4.03. The van der Waals surface area contributed by atoms with Crippen molar-refractivity contribution in [2.45, 2.75) is 0 Å². The van der Waals surface area contributed by atoms with Crippen LogP contribution in [0.1, 0.15) is 5.56 Å². The highest BCUT2D eigenvalue weighted by Crippen LogP contribution is 2.11. The molecule has 13 heavy (non-hydrogen) atoms. The van der Waals surface area contributed by atoms with Gasteiger partial charge in [-0.15, -0.1) is 0 Å². The molecule has 0 saturated heterocycles. The Kier molecular flexibility index (Phi) is 1.97. The third-order valence-corrected chi connectivity index (χ3v) is 1.84. The standard InChI is InChI=1S/C12H8N/c1-2-4-10-6-7-11-5-3-8-13-12(11)9-10/h3,5-9H,1H2. The Balaban J connectivity index is 2.66. The Morgan fingerprint density at radius 1 is 1.23 bits per heavy atom. The predicted molar refractivity (Wildman–Crippen MR) is 54.0 cm³/mol. The average Bonchev–Trinajstić information content (AvgIpc) is 2.18. The molecule has 1 aromatic carbocycles. The molecule has 0 spiro atoms. The molecule has 0 aliphatic heterocycles. The lowest BCUT2D eigenvalue weighted by Gasteiger charge is -1.95. The normalized spacial score (nSPS) is 9.31. The minimum Gasteiger partial charge on any atom is -0.256 e. The zero-order valence-corrected chi connectivity index (χ0v) is 7.12. The molecule has 0 bridgehead atoms. The molecule has 1 aromatic heterocycles. The molecule has 1 nitrogen and oxygen atoms in total. The van der Waals surface area contributed by atoms with E-state index in [-0.39, 0.29) is 0 Å². The van der Waals surface area contributed by atoms with Crippen LogP contribution in [-0.2, 0) is 0 Å². The first-order valence-corrected chi connectivity index (χ1v) is 4.03. The maximum Gasteiger partial charge on any atom is 0.0714 e. The molecule has 2 rings (SSSR count). The van der Waals surface area contributed by atoms with Gasteiger partial charge in [-0.05, 0) is 18.2 Å². The third kappa shape index (κ3) is 1.52. The molecule has 0 unspecified atom stereocenters. The van der Waals surface area contributed by atoms with Crippen LogP contribution < -0.4 is 0 Å². The van der Waals surface area contributed by atoms with Gasteiger partial charge >= 0.3 is 0 Å². The van der Waals surface area contributed by atoms with Gasteiger partial charge < -0.3 is 0 Å². The maximum absolute atomic E-state index is 4.24. The second-order valence-electron chi connectivity index (χ2n) is 2.71. The lowest BCUT2D eigenvalue weighted by Crippen LogP contribution is -1.79. The summed E-state index contributed by atoms with van der Waals surface area (Å²) in [5.41, 5.74) is 1.93. The summed E-state index contributed by atoms with van der Waals surface area (Å²) in [6.07, 6.45) is 1.78. The summed E-state index contributed by atoms with van der Waals surface area (Å²) in [5.74, 6) is 5.52. The van der Waals surface area contributed by atoms with Crippen LogP contribution in [0, 0.1) is 18.8 Å². The topological polar surface area (TPSA) is 12.9 Å². The van der Waals surface area contributed by atoms with Crippen molar-refractivity contribution in [3.63, 3.8) is 0 Å². The molecule has 1 radical (unpaired) electrons. The molecular formula is C12H8N. The highest BCUT2D eigenvalue weighted by molar-refractivity contribution is 5.79. The van der Waals surface area contributed by atoms with Gasteiger partial charge in [0.2, 0.25) is 0 Å². The van der Waals surface area contributed by atoms with Crippen molar-refractivity contribution in [3.05, 3.63) is 49.0 Å². The van der Waals surface area contributed by atoms with E-state index in [1.165, 1.54) is 0 Å². The molecule has 0 amide bonds. The second-order valence-corrected chi connectivity index (χ2v) is 2.71. The molecular weight excluding hydrogens is 158 g/mol. The Labute approximate surface area is 77.4 Å². The van der Waals surface area contributed by atoms with Crippen LogP contribution in [0.25, 0.3) is 10.9 Å². The Bertz CT molecular complexity index is 489. The molecule has 0 N–H and O–H groups in total. The van der Waals surface area contributed by atoms with Gasteiger partial charge in [-0.2, -0.15) is 0 Å². The van der Waals surface area contributed by atoms with Gasteiger partial charge in [-0.3, -0.25) is 4.98 Å². The number of hydrogen-bond acceptors (Lipinski definition) is 1. The van der Waals surface area contributed by atoms with Gasteiger partial charge in [0, 0.05) is 24.1 Å². The minimum atomic E-state index is 0.959. The van der Waals surface area contributed by atoms with E-state index >= 15 is 0 Å². The SMILES string of the molecule is [CH2]C#Cc1ccc2cccnc2c1. The number of fused-ring (bicyclic) bond motifs is 1. The van der Waals surface area contributed by atoms with Crippen molar-refractivity contribution >= 4 is 10.9 Å². The van der Waals surface area contributed by atoms with E-state index < -0.39 is 0 Å². The van der Waals surface area contributed by atoms with E-state index in [9.17, 15) is 0 Å². The Morgan fingerprint density at radius 2 is 2.15 bits per heavy atom. The first-order chi connectivity index (χ1) is 6.40. The van der Waals surface area contributed by atoms with Crippen LogP contribution in [0.4, 0.5) is 0 Å². The summed E-state index contributed by atoms with van der Waals surface area (Å²) in [6.45, 7) is 3.48. The summed E-state index contributed by atoms with van der Waals surface area (Å²) < 4.78 is 0. The molecule has 0 fully saturated rings. The van der Waals surface area contributed by atoms with Crippen molar-refractivity contribution in [1.29, 1.82) is 0 Å².